The molecule has 6 heteroatoms. The molecule has 2 amide bonds. The number of nitrogens with zero attached hydrogens (tertiary/aromatic N) is 2. The van der Waals surface area contributed by atoms with Gasteiger partial charge in [-0.15, -0.1) is 0 Å². The molecule has 0 radical (unpaired) electrons. The van der Waals surface area contributed by atoms with Gasteiger partial charge in [0.15, 0.2) is 0 Å². The Morgan fingerprint density at radius 2 is 1.85 bits per heavy atom. The van der Waals surface area contributed by atoms with E-state index in [1.165, 1.54) is 0 Å². The van der Waals surface area contributed by atoms with E-state index in [0.29, 0.717) is 12.2 Å². The van der Waals surface area contributed by atoms with Crippen LogP contribution in [-0.4, -0.2) is 43.1 Å². The molecule has 1 saturated heterocycles. The fourth-order valence-electron chi connectivity index (χ4n) is 1.82. The Kier molecular flexibility index (Phi) is 4.69. The standard InChI is InChI=1S/C14H14N2O4/c15-6-5-11-1-3-12(4-2-11)20-8-7-16-13(17)9-19-10-14(16)18/h1-4H,5,7-10H2. The van der Waals surface area contributed by atoms with E-state index in [-0.39, 0.29) is 38.2 Å². The van der Waals surface area contributed by atoms with Crippen molar-refractivity contribution in [1.29, 1.82) is 5.26 Å². The van der Waals surface area contributed by atoms with Gasteiger partial charge in [0.2, 0.25) is 0 Å². The van der Waals surface area contributed by atoms with Gasteiger partial charge in [-0.1, -0.05) is 12.1 Å². The van der Waals surface area contributed by atoms with E-state index in [4.69, 9.17) is 14.7 Å². The minimum Gasteiger partial charge on any atom is -0.492 e. The van der Waals surface area contributed by atoms with Crippen LogP contribution in [0.5, 0.6) is 5.75 Å². The van der Waals surface area contributed by atoms with Gasteiger partial charge in [0.05, 0.1) is 19.0 Å². The Morgan fingerprint density at radius 3 is 2.45 bits per heavy atom. The molecule has 0 bridgehead atoms. The Balaban J connectivity index is 1.82. The maximum absolute atomic E-state index is 11.5. The summed E-state index contributed by atoms with van der Waals surface area (Å²) in [5.41, 5.74) is 0.915. The van der Waals surface area contributed by atoms with E-state index in [9.17, 15) is 9.59 Å². The van der Waals surface area contributed by atoms with Crippen LogP contribution < -0.4 is 4.74 Å². The Bertz CT molecular complexity index is 517. The van der Waals surface area contributed by atoms with E-state index < -0.39 is 0 Å². The predicted octanol–water partition coefficient (Wildman–Crippen LogP) is 0.517. The average molecular weight is 274 g/mol. The molecule has 0 spiro atoms. The van der Waals surface area contributed by atoms with Crippen LogP contribution in [-0.2, 0) is 20.7 Å². The summed E-state index contributed by atoms with van der Waals surface area (Å²) < 4.78 is 10.3. The molecule has 1 aliphatic heterocycles. The van der Waals surface area contributed by atoms with Crippen LogP contribution in [0.4, 0.5) is 0 Å². The number of rotatable bonds is 5. The lowest BCUT2D eigenvalue weighted by Gasteiger charge is -2.24. The number of morpholine rings is 1. The van der Waals surface area contributed by atoms with Gasteiger partial charge < -0.3 is 9.47 Å². The van der Waals surface area contributed by atoms with Gasteiger partial charge in [0.25, 0.3) is 11.8 Å². The van der Waals surface area contributed by atoms with Crippen LogP contribution in [0.2, 0.25) is 0 Å². The number of benzene rings is 1. The second-order valence-electron chi connectivity index (χ2n) is 4.26. The molecule has 6 nitrogen and oxygen atoms in total. The summed E-state index contributed by atoms with van der Waals surface area (Å²) >= 11 is 0. The van der Waals surface area contributed by atoms with Crippen molar-refractivity contribution >= 4 is 11.8 Å². The van der Waals surface area contributed by atoms with Crippen molar-refractivity contribution in [1.82, 2.24) is 4.90 Å². The smallest absolute Gasteiger partial charge is 0.255 e. The number of imide groups is 1. The number of ether oxygens (including phenoxy) is 2. The molecule has 20 heavy (non-hydrogen) atoms. The van der Waals surface area contributed by atoms with Crippen LogP contribution in [0.1, 0.15) is 5.56 Å². The summed E-state index contributed by atoms with van der Waals surface area (Å²) in [5.74, 6) is -0.0386. The monoisotopic (exact) mass is 274 g/mol. The zero-order valence-electron chi connectivity index (χ0n) is 10.9. The lowest BCUT2D eigenvalue weighted by Crippen LogP contribution is -2.47. The largest absolute Gasteiger partial charge is 0.492 e. The lowest BCUT2D eigenvalue weighted by molar-refractivity contribution is -0.158. The SMILES string of the molecule is N#CCc1ccc(OCCN2C(=O)COCC2=O)cc1. The first kappa shape index (κ1) is 14.0. The summed E-state index contributed by atoms with van der Waals surface area (Å²) in [4.78, 5) is 24.1. The van der Waals surface area contributed by atoms with Gasteiger partial charge in [-0.3, -0.25) is 14.5 Å². The molecule has 1 aliphatic rings. The first-order valence-electron chi connectivity index (χ1n) is 6.20. The van der Waals surface area contributed by atoms with Gasteiger partial charge in [-0.25, -0.2) is 0 Å². The molecular weight excluding hydrogens is 260 g/mol. The van der Waals surface area contributed by atoms with Gasteiger partial charge in [-0.2, -0.15) is 5.26 Å². The summed E-state index contributed by atoms with van der Waals surface area (Å²) in [6, 6.07) is 9.20. The normalized spacial score (nSPS) is 15.1. The third-order valence-electron chi connectivity index (χ3n) is 2.84. The third-order valence-corrected chi connectivity index (χ3v) is 2.84. The number of carbonyl (C=O) groups excluding carboxylic acids is 2. The van der Waals surface area contributed by atoms with Crippen molar-refractivity contribution < 1.29 is 19.1 Å². The highest BCUT2D eigenvalue weighted by Gasteiger charge is 2.26. The van der Waals surface area contributed by atoms with E-state index in [1.54, 1.807) is 12.1 Å². The molecule has 0 N–H and O–H groups in total. The molecule has 104 valence electrons. The second kappa shape index (κ2) is 6.68. The molecule has 0 aliphatic carbocycles. The van der Waals surface area contributed by atoms with Crippen molar-refractivity contribution in [3.63, 3.8) is 0 Å². The minimum absolute atomic E-state index is 0.0609. The predicted molar refractivity (Wildman–Crippen MR) is 68.8 cm³/mol. The summed E-state index contributed by atoms with van der Waals surface area (Å²) in [7, 11) is 0. The van der Waals surface area contributed by atoms with Gasteiger partial charge >= 0.3 is 0 Å². The first-order valence-corrected chi connectivity index (χ1v) is 6.20. The number of nitriles is 1. The number of carbonyl (C=O) groups is 2. The minimum atomic E-state index is -0.339. The Hall–Kier alpha value is -2.39. The zero-order valence-corrected chi connectivity index (χ0v) is 10.9. The van der Waals surface area contributed by atoms with Crippen LogP contribution in [0.15, 0.2) is 24.3 Å². The molecule has 1 fully saturated rings. The fourth-order valence-corrected chi connectivity index (χ4v) is 1.82. The van der Waals surface area contributed by atoms with Crippen molar-refractivity contribution in [2.24, 2.45) is 0 Å². The highest BCUT2D eigenvalue weighted by molar-refractivity contribution is 5.98. The number of amides is 2. The Morgan fingerprint density at radius 1 is 1.20 bits per heavy atom. The van der Waals surface area contributed by atoms with E-state index >= 15 is 0 Å². The highest BCUT2D eigenvalue weighted by atomic mass is 16.5. The van der Waals surface area contributed by atoms with Crippen molar-refractivity contribution in [2.75, 3.05) is 26.4 Å². The Labute approximate surface area is 116 Å². The molecule has 0 saturated carbocycles. The molecule has 1 aromatic carbocycles. The van der Waals surface area contributed by atoms with Crippen molar-refractivity contribution in [3.05, 3.63) is 29.8 Å². The zero-order chi connectivity index (χ0) is 14.4. The van der Waals surface area contributed by atoms with E-state index in [2.05, 4.69) is 6.07 Å². The van der Waals surface area contributed by atoms with Crippen molar-refractivity contribution in [2.45, 2.75) is 6.42 Å². The summed E-state index contributed by atoms with van der Waals surface area (Å²) in [6.07, 6.45) is 0.358. The van der Waals surface area contributed by atoms with Crippen LogP contribution in [0.3, 0.4) is 0 Å². The molecule has 0 aromatic heterocycles. The first-order chi connectivity index (χ1) is 9.70. The van der Waals surface area contributed by atoms with Gasteiger partial charge in [0.1, 0.15) is 25.6 Å². The lowest BCUT2D eigenvalue weighted by atomic mass is 10.2. The maximum Gasteiger partial charge on any atom is 0.255 e. The van der Waals surface area contributed by atoms with Crippen LogP contribution in [0.25, 0.3) is 0 Å². The van der Waals surface area contributed by atoms with Gasteiger partial charge in [-0.05, 0) is 17.7 Å². The fraction of sp³-hybridized carbons (Fsp3) is 0.357. The molecular formula is C14H14N2O4. The number of hydrogen-bond donors (Lipinski definition) is 0. The summed E-state index contributed by atoms with van der Waals surface area (Å²) in [6.45, 7) is 0.319. The highest BCUT2D eigenvalue weighted by Crippen LogP contribution is 2.12. The quantitative estimate of drug-likeness (QED) is 0.731. The number of hydrogen-bond acceptors (Lipinski definition) is 5. The van der Waals surface area contributed by atoms with E-state index in [1.807, 2.05) is 12.1 Å². The molecule has 0 atom stereocenters. The molecule has 1 heterocycles. The van der Waals surface area contributed by atoms with Crippen molar-refractivity contribution in [3.8, 4) is 11.8 Å². The van der Waals surface area contributed by atoms with Crippen LogP contribution in [0, 0.1) is 11.3 Å². The van der Waals surface area contributed by atoms with Gasteiger partial charge in [0, 0.05) is 0 Å². The third kappa shape index (κ3) is 3.56. The second-order valence-corrected chi connectivity index (χ2v) is 4.26. The van der Waals surface area contributed by atoms with E-state index in [0.717, 1.165) is 10.5 Å². The maximum atomic E-state index is 11.5. The average Bonchev–Trinajstić information content (AvgIpc) is 2.44. The topological polar surface area (TPSA) is 79.6 Å². The molecule has 2 rings (SSSR count). The molecule has 0 unspecified atom stereocenters. The van der Waals surface area contributed by atoms with Crippen LogP contribution >= 0.6 is 0 Å². The summed E-state index contributed by atoms with van der Waals surface area (Å²) in [5, 5.41) is 8.56. The molecule has 1 aromatic rings.